The van der Waals surface area contributed by atoms with Crippen LogP contribution in [0.15, 0.2) is 0 Å². The lowest BCUT2D eigenvalue weighted by molar-refractivity contribution is 0.135. The quantitative estimate of drug-likeness (QED) is 0.501. The van der Waals surface area contributed by atoms with Gasteiger partial charge in [0.1, 0.15) is 0 Å². The average Bonchev–Trinajstić information content (AvgIpc) is 2.64. The molecule has 1 aliphatic rings. The third kappa shape index (κ3) is 6.58. The van der Waals surface area contributed by atoms with Gasteiger partial charge in [-0.1, -0.05) is 52.9 Å². The maximum absolute atomic E-state index is 3.72. The molecule has 0 amide bonds. The molecule has 1 saturated carbocycles. The van der Waals surface area contributed by atoms with Gasteiger partial charge in [-0.2, -0.15) is 0 Å². The Morgan fingerprint density at radius 2 is 1.75 bits per heavy atom. The molecular weight excluding hydrogens is 244 g/mol. The zero-order valence-electron chi connectivity index (χ0n) is 14.5. The Morgan fingerprint density at radius 1 is 1.10 bits per heavy atom. The minimum absolute atomic E-state index is 0.536. The number of nitrogens with one attached hydrogen (secondary N) is 1. The highest BCUT2D eigenvalue weighted by molar-refractivity contribution is 4.86. The summed E-state index contributed by atoms with van der Waals surface area (Å²) in [5, 5.41) is 3.72. The molecular formula is C18H38N2. The second kappa shape index (κ2) is 9.78. The van der Waals surface area contributed by atoms with Gasteiger partial charge in [-0.25, -0.2) is 0 Å². The predicted octanol–water partition coefficient (Wildman–Crippen LogP) is 4.30. The molecule has 0 bridgehead atoms. The van der Waals surface area contributed by atoms with Gasteiger partial charge in [0.05, 0.1) is 0 Å². The first-order chi connectivity index (χ1) is 9.62. The van der Waals surface area contributed by atoms with Crippen molar-refractivity contribution in [3.63, 3.8) is 0 Å². The third-order valence-electron chi connectivity index (χ3n) is 5.02. The van der Waals surface area contributed by atoms with Crippen LogP contribution < -0.4 is 5.32 Å². The fraction of sp³-hybridized carbons (Fsp3) is 1.00. The minimum atomic E-state index is 0.536. The predicted molar refractivity (Wildman–Crippen MR) is 90.2 cm³/mol. The summed E-state index contributed by atoms with van der Waals surface area (Å²) in [6.45, 7) is 11.9. The van der Waals surface area contributed by atoms with E-state index >= 15 is 0 Å². The fourth-order valence-corrected chi connectivity index (χ4v) is 3.70. The maximum Gasteiger partial charge on any atom is 0.00472 e. The van der Waals surface area contributed by atoms with Crippen molar-refractivity contribution < 1.29 is 0 Å². The van der Waals surface area contributed by atoms with E-state index in [0.717, 1.165) is 5.92 Å². The van der Waals surface area contributed by atoms with E-state index in [4.69, 9.17) is 0 Å². The molecule has 1 rings (SSSR count). The summed E-state index contributed by atoms with van der Waals surface area (Å²) < 4.78 is 0. The molecule has 0 spiro atoms. The SMILES string of the molecule is CCCNCC1(CN(C)CC(C)CC)CCCCCC1. The Labute approximate surface area is 127 Å². The van der Waals surface area contributed by atoms with Gasteiger partial charge in [0, 0.05) is 19.6 Å². The number of hydrogen-bond acceptors (Lipinski definition) is 2. The van der Waals surface area contributed by atoms with Gasteiger partial charge in [-0.3, -0.25) is 0 Å². The van der Waals surface area contributed by atoms with Crippen LogP contribution in [0.2, 0.25) is 0 Å². The first-order valence-corrected chi connectivity index (χ1v) is 9.01. The fourth-order valence-electron chi connectivity index (χ4n) is 3.70. The Hall–Kier alpha value is -0.0800. The first-order valence-electron chi connectivity index (χ1n) is 9.01. The highest BCUT2D eigenvalue weighted by atomic mass is 15.1. The Bertz CT molecular complexity index is 232. The van der Waals surface area contributed by atoms with Gasteiger partial charge < -0.3 is 10.2 Å². The van der Waals surface area contributed by atoms with Crippen molar-refractivity contribution in [2.75, 3.05) is 33.2 Å². The van der Waals surface area contributed by atoms with Crippen LogP contribution in [0, 0.1) is 11.3 Å². The highest BCUT2D eigenvalue weighted by Gasteiger charge is 2.31. The van der Waals surface area contributed by atoms with Crippen LogP contribution in [0.1, 0.15) is 72.1 Å². The molecule has 0 radical (unpaired) electrons. The molecule has 120 valence electrons. The van der Waals surface area contributed by atoms with Crippen molar-refractivity contribution in [2.45, 2.75) is 72.1 Å². The van der Waals surface area contributed by atoms with Crippen LogP contribution in [0.3, 0.4) is 0 Å². The summed E-state index contributed by atoms with van der Waals surface area (Å²) in [7, 11) is 2.33. The van der Waals surface area contributed by atoms with Crippen molar-refractivity contribution >= 4 is 0 Å². The first kappa shape index (κ1) is 18.0. The van der Waals surface area contributed by atoms with E-state index in [2.05, 4.69) is 38.0 Å². The lowest BCUT2D eigenvalue weighted by Crippen LogP contribution is -2.44. The lowest BCUT2D eigenvalue weighted by atomic mass is 9.79. The normalized spacial score (nSPS) is 20.9. The third-order valence-corrected chi connectivity index (χ3v) is 5.02. The molecule has 0 aromatic carbocycles. The van der Waals surface area contributed by atoms with Gasteiger partial charge in [0.25, 0.3) is 0 Å². The van der Waals surface area contributed by atoms with Crippen molar-refractivity contribution in [3.8, 4) is 0 Å². The van der Waals surface area contributed by atoms with Crippen LogP contribution in [0.5, 0.6) is 0 Å². The zero-order valence-corrected chi connectivity index (χ0v) is 14.5. The molecule has 1 N–H and O–H groups in total. The van der Waals surface area contributed by atoms with E-state index in [1.807, 2.05) is 0 Å². The van der Waals surface area contributed by atoms with E-state index < -0.39 is 0 Å². The molecule has 2 nitrogen and oxygen atoms in total. The molecule has 0 aromatic heterocycles. The number of nitrogens with zero attached hydrogens (tertiary/aromatic N) is 1. The summed E-state index contributed by atoms with van der Waals surface area (Å²) in [4.78, 5) is 2.60. The molecule has 2 heteroatoms. The van der Waals surface area contributed by atoms with Crippen molar-refractivity contribution in [1.82, 2.24) is 10.2 Å². The second-order valence-electron chi connectivity index (χ2n) is 7.30. The standard InChI is InChI=1S/C18H38N2/c1-5-13-19-15-18(11-9-7-8-10-12-18)16-20(4)14-17(3)6-2/h17,19H,5-16H2,1-4H3. The highest BCUT2D eigenvalue weighted by Crippen LogP contribution is 2.35. The van der Waals surface area contributed by atoms with Gasteiger partial charge in [-0.15, -0.1) is 0 Å². The van der Waals surface area contributed by atoms with E-state index in [1.54, 1.807) is 0 Å². The summed E-state index contributed by atoms with van der Waals surface area (Å²) in [6, 6.07) is 0. The molecule has 0 saturated heterocycles. The Kier molecular flexibility index (Phi) is 8.79. The largest absolute Gasteiger partial charge is 0.316 e. The second-order valence-corrected chi connectivity index (χ2v) is 7.30. The Balaban J connectivity index is 2.55. The van der Waals surface area contributed by atoms with E-state index in [1.165, 1.54) is 77.5 Å². The van der Waals surface area contributed by atoms with Crippen LogP contribution in [0.4, 0.5) is 0 Å². The van der Waals surface area contributed by atoms with E-state index in [-0.39, 0.29) is 0 Å². The Morgan fingerprint density at radius 3 is 2.30 bits per heavy atom. The molecule has 1 fully saturated rings. The minimum Gasteiger partial charge on any atom is -0.316 e. The number of hydrogen-bond donors (Lipinski definition) is 1. The van der Waals surface area contributed by atoms with E-state index in [0.29, 0.717) is 5.41 Å². The van der Waals surface area contributed by atoms with Crippen LogP contribution in [-0.2, 0) is 0 Å². The summed E-state index contributed by atoms with van der Waals surface area (Å²) in [5.74, 6) is 0.825. The molecule has 1 unspecified atom stereocenters. The van der Waals surface area contributed by atoms with Crippen LogP contribution in [0.25, 0.3) is 0 Å². The van der Waals surface area contributed by atoms with Crippen molar-refractivity contribution in [3.05, 3.63) is 0 Å². The van der Waals surface area contributed by atoms with Gasteiger partial charge >= 0.3 is 0 Å². The van der Waals surface area contributed by atoms with Crippen molar-refractivity contribution in [1.29, 1.82) is 0 Å². The molecule has 0 aliphatic heterocycles. The van der Waals surface area contributed by atoms with Gasteiger partial charge in [0.15, 0.2) is 0 Å². The molecule has 0 aromatic rings. The smallest absolute Gasteiger partial charge is 0.00472 e. The molecule has 20 heavy (non-hydrogen) atoms. The van der Waals surface area contributed by atoms with Crippen LogP contribution >= 0.6 is 0 Å². The van der Waals surface area contributed by atoms with Gasteiger partial charge in [0.2, 0.25) is 0 Å². The maximum atomic E-state index is 3.72. The lowest BCUT2D eigenvalue weighted by Gasteiger charge is -2.38. The summed E-state index contributed by atoms with van der Waals surface area (Å²) in [6.07, 6.45) is 11.2. The topological polar surface area (TPSA) is 15.3 Å². The number of rotatable bonds is 9. The van der Waals surface area contributed by atoms with Crippen LogP contribution in [-0.4, -0.2) is 38.1 Å². The van der Waals surface area contributed by atoms with E-state index in [9.17, 15) is 0 Å². The monoisotopic (exact) mass is 282 g/mol. The zero-order chi connectivity index (χ0) is 14.8. The molecule has 0 heterocycles. The molecule has 1 atom stereocenters. The van der Waals surface area contributed by atoms with Crippen molar-refractivity contribution in [2.24, 2.45) is 11.3 Å². The van der Waals surface area contributed by atoms with Gasteiger partial charge in [-0.05, 0) is 44.2 Å². The summed E-state index contributed by atoms with van der Waals surface area (Å²) in [5.41, 5.74) is 0.536. The molecule has 1 aliphatic carbocycles. The average molecular weight is 283 g/mol. The summed E-state index contributed by atoms with van der Waals surface area (Å²) >= 11 is 0.